The Morgan fingerprint density at radius 3 is 2.35 bits per heavy atom. The van der Waals surface area contributed by atoms with Crippen molar-refractivity contribution in [3.63, 3.8) is 0 Å². The lowest BCUT2D eigenvalue weighted by Gasteiger charge is -2.34. The number of nitrogens with zero attached hydrogens (tertiary/aromatic N) is 1. The lowest BCUT2D eigenvalue weighted by molar-refractivity contribution is -0.148. The van der Waals surface area contributed by atoms with Crippen LogP contribution in [-0.2, 0) is 9.59 Å². The molecule has 0 aromatic rings. The second-order valence-electron chi connectivity index (χ2n) is 4.95. The van der Waals surface area contributed by atoms with Crippen LogP contribution in [0.1, 0.15) is 46.0 Å². The van der Waals surface area contributed by atoms with Gasteiger partial charge in [-0.25, -0.2) is 0 Å². The topological polar surface area (TPSA) is 83.6 Å². The maximum atomic E-state index is 12.3. The number of carbonyl (C=O) groups is 2. The summed E-state index contributed by atoms with van der Waals surface area (Å²) in [6, 6.07) is -0.0837. The van der Waals surface area contributed by atoms with Gasteiger partial charge >= 0.3 is 5.97 Å². The Kier molecular flexibility index (Phi) is 4.51. The highest BCUT2D eigenvalue weighted by Gasteiger charge is 2.41. The fourth-order valence-electron chi connectivity index (χ4n) is 2.30. The second-order valence-corrected chi connectivity index (χ2v) is 4.95. The number of hydrogen-bond acceptors (Lipinski definition) is 3. The van der Waals surface area contributed by atoms with Gasteiger partial charge in [0.1, 0.15) is 6.54 Å². The average molecular weight is 242 g/mol. The average Bonchev–Trinajstić information content (AvgIpc) is 2.72. The second kappa shape index (κ2) is 5.49. The predicted octanol–water partition coefficient (Wildman–Crippen LogP) is 0.970. The van der Waals surface area contributed by atoms with Crippen molar-refractivity contribution >= 4 is 11.9 Å². The van der Waals surface area contributed by atoms with Crippen molar-refractivity contribution < 1.29 is 14.7 Å². The number of aliphatic carboxylic acids is 1. The third kappa shape index (κ3) is 3.19. The first-order valence-corrected chi connectivity index (χ1v) is 6.22. The summed E-state index contributed by atoms with van der Waals surface area (Å²) in [6.45, 7) is 3.54. The summed E-state index contributed by atoms with van der Waals surface area (Å²) in [4.78, 5) is 24.6. The van der Waals surface area contributed by atoms with Gasteiger partial charge in [-0.2, -0.15) is 0 Å². The maximum absolute atomic E-state index is 12.3. The third-order valence-corrected chi connectivity index (χ3v) is 3.61. The fourth-order valence-corrected chi connectivity index (χ4v) is 2.30. The van der Waals surface area contributed by atoms with E-state index in [4.69, 9.17) is 10.8 Å². The highest BCUT2D eigenvalue weighted by Crippen LogP contribution is 2.29. The van der Waals surface area contributed by atoms with Crippen molar-refractivity contribution in [2.45, 2.75) is 57.5 Å². The third-order valence-electron chi connectivity index (χ3n) is 3.61. The quantitative estimate of drug-likeness (QED) is 0.752. The molecule has 0 aromatic heterocycles. The first-order valence-electron chi connectivity index (χ1n) is 6.22. The number of carboxylic acid groups (broad SMARTS) is 1. The largest absolute Gasteiger partial charge is 0.480 e. The summed E-state index contributed by atoms with van der Waals surface area (Å²) in [5.74, 6) is -1.19. The Morgan fingerprint density at radius 1 is 1.41 bits per heavy atom. The molecular weight excluding hydrogens is 220 g/mol. The molecule has 17 heavy (non-hydrogen) atoms. The van der Waals surface area contributed by atoms with Crippen LogP contribution in [0.3, 0.4) is 0 Å². The van der Waals surface area contributed by atoms with E-state index in [2.05, 4.69) is 0 Å². The van der Waals surface area contributed by atoms with Crippen molar-refractivity contribution in [2.75, 3.05) is 6.54 Å². The normalized spacial score (nSPS) is 19.9. The molecule has 0 bridgehead atoms. The van der Waals surface area contributed by atoms with Crippen LogP contribution in [0.25, 0.3) is 0 Å². The highest BCUT2D eigenvalue weighted by atomic mass is 16.4. The van der Waals surface area contributed by atoms with Crippen LogP contribution in [-0.4, -0.2) is 40.0 Å². The van der Waals surface area contributed by atoms with Crippen LogP contribution in [0.5, 0.6) is 0 Å². The monoisotopic (exact) mass is 242 g/mol. The minimum absolute atomic E-state index is 0.0837. The van der Waals surface area contributed by atoms with Gasteiger partial charge in [-0.05, 0) is 26.2 Å². The number of carboxylic acids is 1. The molecule has 98 valence electrons. The van der Waals surface area contributed by atoms with Crippen LogP contribution in [0.4, 0.5) is 0 Å². The lowest BCUT2D eigenvalue weighted by atomic mass is 9.96. The molecule has 1 atom stereocenters. The van der Waals surface area contributed by atoms with E-state index < -0.39 is 11.5 Å². The number of rotatable bonds is 5. The van der Waals surface area contributed by atoms with Gasteiger partial charge in [0.05, 0.1) is 5.54 Å². The summed E-state index contributed by atoms with van der Waals surface area (Å²) in [7, 11) is 0. The molecule has 0 aliphatic heterocycles. The standard InChI is InChI=1S/C12H22N2O3/c1-3-9(2)14(8-10(15)16)11(17)12(13)6-4-5-7-12/h9H,3-8,13H2,1-2H3,(H,15,16). The number of nitrogens with two attached hydrogens (primary N) is 1. The summed E-state index contributed by atoms with van der Waals surface area (Å²) in [5.41, 5.74) is 5.25. The van der Waals surface area contributed by atoms with Gasteiger partial charge in [0.25, 0.3) is 0 Å². The molecule has 1 fully saturated rings. The highest BCUT2D eigenvalue weighted by molar-refractivity contribution is 5.89. The molecule has 0 saturated heterocycles. The van der Waals surface area contributed by atoms with E-state index >= 15 is 0 Å². The first kappa shape index (κ1) is 14.0. The lowest BCUT2D eigenvalue weighted by Crippen LogP contribution is -2.56. The molecular formula is C12H22N2O3. The summed E-state index contributed by atoms with van der Waals surface area (Å²) in [5, 5.41) is 8.87. The molecule has 1 unspecified atom stereocenters. The van der Waals surface area contributed by atoms with Gasteiger partial charge in [0.2, 0.25) is 5.91 Å². The summed E-state index contributed by atoms with van der Waals surface area (Å²) >= 11 is 0. The maximum Gasteiger partial charge on any atom is 0.323 e. The molecule has 0 spiro atoms. The minimum atomic E-state index is -0.986. The number of amides is 1. The molecule has 1 rings (SSSR count). The predicted molar refractivity (Wildman–Crippen MR) is 64.5 cm³/mol. The van der Waals surface area contributed by atoms with Gasteiger partial charge < -0.3 is 15.7 Å². The van der Waals surface area contributed by atoms with Crippen molar-refractivity contribution in [3.8, 4) is 0 Å². The fraction of sp³-hybridized carbons (Fsp3) is 0.833. The van der Waals surface area contributed by atoms with Crippen LogP contribution < -0.4 is 5.73 Å². The van der Waals surface area contributed by atoms with E-state index in [1.54, 1.807) is 0 Å². The van der Waals surface area contributed by atoms with E-state index in [9.17, 15) is 9.59 Å². The molecule has 3 N–H and O–H groups in total. The summed E-state index contributed by atoms with van der Waals surface area (Å²) in [6.07, 6.45) is 3.96. The van der Waals surface area contributed by atoms with Gasteiger partial charge in [0, 0.05) is 6.04 Å². The molecule has 5 heteroatoms. The van der Waals surface area contributed by atoms with Crippen LogP contribution in [0.2, 0.25) is 0 Å². The van der Waals surface area contributed by atoms with Crippen molar-refractivity contribution in [2.24, 2.45) is 5.73 Å². The Labute approximate surface area is 102 Å². The molecule has 1 aliphatic carbocycles. The van der Waals surface area contributed by atoms with E-state index in [1.807, 2.05) is 13.8 Å². The first-order chi connectivity index (χ1) is 7.90. The Hall–Kier alpha value is -1.10. The molecule has 1 aliphatic rings. The minimum Gasteiger partial charge on any atom is -0.480 e. The molecule has 1 amide bonds. The SMILES string of the molecule is CCC(C)N(CC(=O)O)C(=O)C1(N)CCCC1. The van der Waals surface area contributed by atoms with E-state index in [0.29, 0.717) is 12.8 Å². The van der Waals surface area contributed by atoms with E-state index in [0.717, 1.165) is 19.3 Å². The van der Waals surface area contributed by atoms with Crippen molar-refractivity contribution in [3.05, 3.63) is 0 Å². The Bertz CT molecular complexity index is 298. The zero-order valence-corrected chi connectivity index (χ0v) is 10.6. The van der Waals surface area contributed by atoms with Crippen LogP contribution in [0, 0.1) is 0 Å². The van der Waals surface area contributed by atoms with E-state index in [1.165, 1.54) is 4.90 Å². The van der Waals surface area contributed by atoms with E-state index in [-0.39, 0.29) is 18.5 Å². The number of hydrogen-bond donors (Lipinski definition) is 2. The van der Waals surface area contributed by atoms with Crippen molar-refractivity contribution in [1.29, 1.82) is 0 Å². The molecule has 0 radical (unpaired) electrons. The molecule has 5 nitrogen and oxygen atoms in total. The van der Waals surface area contributed by atoms with Gasteiger partial charge in [0.15, 0.2) is 0 Å². The van der Waals surface area contributed by atoms with Gasteiger partial charge in [-0.15, -0.1) is 0 Å². The Morgan fingerprint density at radius 2 is 1.94 bits per heavy atom. The molecule has 0 aromatic carbocycles. The number of carbonyl (C=O) groups excluding carboxylic acids is 1. The zero-order chi connectivity index (χ0) is 13.1. The molecule has 0 heterocycles. The van der Waals surface area contributed by atoms with Gasteiger partial charge in [-0.3, -0.25) is 9.59 Å². The van der Waals surface area contributed by atoms with Crippen LogP contribution >= 0.6 is 0 Å². The van der Waals surface area contributed by atoms with Gasteiger partial charge in [-0.1, -0.05) is 19.8 Å². The zero-order valence-electron chi connectivity index (χ0n) is 10.6. The Balaban J connectivity index is 2.81. The summed E-state index contributed by atoms with van der Waals surface area (Å²) < 4.78 is 0. The smallest absolute Gasteiger partial charge is 0.323 e. The molecule has 1 saturated carbocycles. The van der Waals surface area contributed by atoms with Crippen molar-refractivity contribution in [1.82, 2.24) is 4.90 Å². The van der Waals surface area contributed by atoms with Crippen LogP contribution in [0.15, 0.2) is 0 Å².